The molecule has 17 heavy (non-hydrogen) atoms. The first-order valence-electron chi connectivity index (χ1n) is 5.65. The summed E-state index contributed by atoms with van der Waals surface area (Å²) in [5, 5.41) is 9.41. The summed E-state index contributed by atoms with van der Waals surface area (Å²) >= 11 is 0. The molecule has 0 radical (unpaired) electrons. The molecule has 0 fully saturated rings. The van der Waals surface area contributed by atoms with Gasteiger partial charge >= 0.3 is 0 Å². The van der Waals surface area contributed by atoms with Crippen LogP contribution in [0.5, 0.6) is 5.75 Å². The summed E-state index contributed by atoms with van der Waals surface area (Å²) in [5.41, 5.74) is 0.716. The number of aliphatic hydroxyl groups excluding tert-OH is 1. The summed E-state index contributed by atoms with van der Waals surface area (Å²) in [6.45, 7) is 1.70. The molecule has 0 spiro atoms. The first kappa shape index (κ1) is 13.6. The van der Waals surface area contributed by atoms with Crippen molar-refractivity contribution in [3.8, 4) is 18.1 Å². The molecule has 3 nitrogen and oxygen atoms in total. The maximum atomic E-state index is 9.41. The highest BCUT2D eigenvalue weighted by Gasteiger charge is 2.02. The number of hydrogen-bond acceptors (Lipinski definition) is 3. The van der Waals surface area contributed by atoms with Crippen LogP contribution in [0.25, 0.3) is 0 Å². The van der Waals surface area contributed by atoms with E-state index in [0.29, 0.717) is 12.2 Å². The van der Waals surface area contributed by atoms with Crippen molar-refractivity contribution < 1.29 is 9.84 Å². The Hall–Kier alpha value is -1.50. The van der Waals surface area contributed by atoms with Gasteiger partial charge in [-0.05, 0) is 38.2 Å². The molecule has 1 N–H and O–H groups in total. The Morgan fingerprint density at radius 2 is 2.00 bits per heavy atom. The molecule has 92 valence electrons. The van der Waals surface area contributed by atoms with E-state index in [-0.39, 0.29) is 0 Å². The Balaban J connectivity index is 2.38. The van der Waals surface area contributed by atoms with Crippen molar-refractivity contribution in [2.75, 3.05) is 27.2 Å². The van der Waals surface area contributed by atoms with Crippen molar-refractivity contribution in [3.63, 3.8) is 0 Å². The summed E-state index contributed by atoms with van der Waals surface area (Å²) in [7, 11) is 4.08. The highest BCUT2D eigenvalue weighted by molar-refractivity contribution is 5.31. The van der Waals surface area contributed by atoms with E-state index in [1.807, 2.05) is 26.2 Å². The fourth-order valence-corrected chi connectivity index (χ4v) is 1.41. The maximum Gasteiger partial charge on any atom is 0.139 e. The summed E-state index contributed by atoms with van der Waals surface area (Å²) in [4.78, 5) is 2.12. The van der Waals surface area contributed by atoms with Gasteiger partial charge < -0.3 is 14.7 Å². The van der Waals surface area contributed by atoms with Crippen LogP contribution in [0.2, 0.25) is 0 Å². The standard InChI is InChI=1S/C14H19NO2/c1-4-14(16)12-6-8-13(9-7-12)17-11-5-10-15(2)3/h1,6-9,14,16H,5,10-11H2,2-3H3/t14-/m1/s1. The van der Waals surface area contributed by atoms with Crippen LogP contribution >= 0.6 is 0 Å². The lowest BCUT2D eigenvalue weighted by atomic mass is 10.1. The first-order valence-corrected chi connectivity index (χ1v) is 5.65. The van der Waals surface area contributed by atoms with E-state index in [1.165, 1.54) is 0 Å². The Morgan fingerprint density at radius 1 is 1.35 bits per heavy atom. The van der Waals surface area contributed by atoms with E-state index in [1.54, 1.807) is 12.1 Å². The lowest BCUT2D eigenvalue weighted by Gasteiger charge is -2.11. The molecule has 3 heteroatoms. The van der Waals surface area contributed by atoms with E-state index in [9.17, 15) is 5.11 Å². The van der Waals surface area contributed by atoms with Crippen molar-refractivity contribution in [1.29, 1.82) is 0 Å². The molecule has 1 atom stereocenters. The van der Waals surface area contributed by atoms with Gasteiger partial charge in [0.1, 0.15) is 11.9 Å². The molecule has 1 aromatic carbocycles. The highest BCUT2D eigenvalue weighted by Crippen LogP contribution is 2.17. The van der Waals surface area contributed by atoms with E-state index >= 15 is 0 Å². The molecule has 0 amide bonds. The van der Waals surface area contributed by atoms with Gasteiger partial charge in [0.25, 0.3) is 0 Å². The Morgan fingerprint density at radius 3 is 2.53 bits per heavy atom. The molecule has 0 aliphatic carbocycles. The van der Waals surface area contributed by atoms with Crippen LogP contribution in [0.1, 0.15) is 18.1 Å². The predicted octanol–water partition coefficient (Wildman–Crippen LogP) is 1.68. The number of nitrogens with zero attached hydrogens (tertiary/aromatic N) is 1. The Kier molecular flexibility index (Phi) is 5.55. The second kappa shape index (κ2) is 6.95. The van der Waals surface area contributed by atoms with Crippen molar-refractivity contribution in [2.45, 2.75) is 12.5 Å². The van der Waals surface area contributed by atoms with Crippen LogP contribution in [-0.2, 0) is 0 Å². The summed E-state index contributed by atoms with van der Waals surface area (Å²) < 4.78 is 5.56. The van der Waals surface area contributed by atoms with Gasteiger partial charge in [0, 0.05) is 6.54 Å². The molecule has 0 aliphatic rings. The quantitative estimate of drug-likeness (QED) is 0.599. The van der Waals surface area contributed by atoms with Gasteiger partial charge in [0.05, 0.1) is 6.61 Å². The SMILES string of the molecule is C#C[C@@H](O)c1ccc(OCCCN(C)C)cc1. The number of aliphatic hydroxyl groups is 1. The van der Waals surface area contributed by atoms with Crippen molar-refractivity contribution in [2.24, 2.45) is 0 Å². The van der Waals surface area contributed by atoms with Crippen molar-refractivity contribution in [1.82, 2.24) is 4.90 Å². The van der Waals surface area contributed by atoms with Crippen LogP contribution in [0, 0.1) is 12.3 Å². The van der Waals surface area contributed by atoms with Crippen LogP contribution < -0.4 is 4.74 Å². The van der Waals surface area contributed by atoms with Crippen LogP contribution in [-0.4, -0.2) is 37.3 Å². The summed E-state index contributed by atoms with van der Waals surface area (Å²) in [6.07, 6.45) is 5.29. The van der Waals surface area contributed by atoms with Gasteiger partial charge in [-0.1, -0.05) is 18.1 Å². The van der Waals surface area contributed by atoms with E-state index in [0.717, 1.165) is 18.7 Å². The zero-order chi connectivity index (χ0) is 12.7. The summed E-state index contributed by atoms with van der Waals surface area (Å²) in [6, 6.07) is 7.22. The second-order valence-electron chi connectivity index (χ2n) is 4.14. The van der Waals surface area contributed by atoms with Crippen LogP contribution in [0.15, 0.2) is 24.3 Å². The van der Waals surface area contributed by atoms with E-state index in [4.69, 9.17) is 11.2 Å². The fraction of sp³-hybridized carbons (Fsp3) is 0.429. The van der Waals surface area contributed by atoms with Gasteiger partial charge in [0.15, 0.2) is 0 Å². The molecule has 1 aromatic rings. The minimum absolute atomic E-state index is 0.690. The summed E-state index contributed by atoms with van der Waals surface area (Å²) in [5.74, 6) is 3.08. The Labute approximate surface area is 103 Å². The normalized spacial score (nSPS) is 12.2. The Bertz CT molecular complexity index is 365. The third-order valence-corrected chi connectivity index (χ3v) is 2.37. The molecule has 0 saturated carbocycles. The number of terminal acetylenes is 1. The molecule has 0 heterocycles. The monoisotopic (exact) mass is 233 g/mol. The van der Waals surface area contributed by atoms with Crippen LogP contribution in [0.4, 0.5) is 0 Å². The van der Waals surface area contributed by atoms with Gasteiger partial charge in [-0.2, -0.15) is 0 Å². The highest BCUT2D eigenvalue weighted by atomic mass is 16.5. The lowest BCUT2D eigenvalue weighted by molar-refractivity contribution is 0.238. The number of benzene rings is 1. The topological polar surface area (TPSA) is 32.7 Å². The van der Waals surface area contributed by atoms with Crippen molar-refractivity contribution >= 4 is 0 Å². The lowest BCUT2D eigenvalue weighted by Crippen LogP contribution is -2.15. The smallest absolute Gasteiger partial charge is 0.139 e. The zero-order valence-corrected chi connectivity index (χ0v) is 10.4. The van der Waals surface area contributed by atoms with E-state index in [2.05, 4.69) is 10.8 Å². The minimum Gasteiger partial charge on any atom is -0.494 e. The zero-order valence-electron chi connectivity index (χ0n) is 10.4. The van der Waals surface area contributed by atoms with Gasteiger partial charge in [-0.25, -0.2) is 0 Å². The molecule has 0 aromatic heterocycles. The largest absolute Gasteiger partial charge is 0.494 e. The average Bonchev–Trinajstić information content (AvgIpc) is 2.34. The maximum absolute atomic E-state index is 9.41. The molecule has 0 unspecified atom stereocenters. The minimum atomic E-state index is -0.835. The molecule has 0 saturated heterocycles. The van der Waals surface area contributed by atoms with Gasteiger partial charge in [-0.15, -0.1) is 6.42 Å². The van der Waals surface area contributed by atoms with Crippen molar-refractivity contribution in [3.05, 3.63) is 29.8 Å². The molecule has 0 bridgehead atoms. The molecule has 1 rings (SSSR count). The number of rotatable bonds is 6. The second-order valence-corrected chi connectivity index (χ2v) is 4.14. The third-order valence-electron chi connectivity index (χ3n) is 2.37. The number of ether oxygens (including phenoxy) is 1. The third kappa shape index (κ3) is 4.90. The molecular formula is C14H19NO2. The predicted molar refractivity (Wildman–Crippen MR) is 68.9 cm³/mol. The van der Waals surface area contributed by atoms with Crippen LogP contribution in [0.3, 0.4) is 0 Å². The average molecular weight is 233 g/mol. The molecular weight excluding hydrogens is 214 g/mol. The van der Waals surface area contributed by atoms with Gasteiger partial charge in [-0.3, -0.25) is 0 Å². The first-order chi connectivity index (χ1) is 8.13. The fourth-order valence-electron chi connectivity index (χ4n) is 1.41. The van der Waals surface area contributed by atoms with E-state index < -0.39 is 6.10 Å². The molecule has 0 aliphatic heterocycles. The number of hydrogen-bond donors (Lipinski definition) is 1. The van der Waals surface area contributed by atoms with Gasteiger partial charge in [0.2, 0.25) is 0 Å².